The number of ether oxygens (including phenoxy) is 1. The topological polar surface area (TPSA) is 66.5 Å². The Bertz CT molecular complexity index is 969. The van der Waals surface area contributed by atoms with E-state index in [9.17, 15) is 4.79 Å². The summed E-state index contributed by atoms with van der Waals surface area (Å²) in [7, 11) is 3.75. The molecule has 0 aliphatic carbocycles. The lowest BCUT2D eigenvalue weighted by molar-refractivity contribution is 0.102. The highest BCUT2D eigenvalue weighted by Gasteiger charge is 2.15. The van der Waals surface area contributed by atoms with Gasteiger partial charge < -0.3 is 20.3 Å². The highest BCUT2D eigenvalue weighted by atomic mass is 16.5. The SMILES string of the molecule is CNC.Cc1c(Oc2cccnc2)cccc1C(=O)Nc1ccc(N2CCCC2)cc1. The number of rotatable bonds is 5. The molecular weight excluding hydrogens is 388 g/mol. The van der Waals surface area contributed by atoms with Gasteiger partial charge in [-0.05, 0) is 82.4 Å². The van der Waals surface area contributed by atoms with E-state index in [1.807, 2.05) is 57.4 Å². The molecule has 0 saturated carbocycles. The molecule has 0 atom stereocenters. The number of nitrogens with one attached hydrogen (secondary N) is 2. The van der Waals surface area contributed by atoms with Crippen molar-refractivity contribution in [2.45, 2.75) is 19.8 Å². The number of anilines is 2. The van der Waals surface area contributed by atoms with Gasteiger partial charge >= 0.3 is 0 Å². The molecule has 31 heavy (non-hydrogen) atoms. The third-order valence-corrected chi connectivity index (χ3v) is 4.99. The van der Waals surface area contributed by atoms with Crippen LogP contribution in [0.1, 0.15) is 28.8 Å². The van der Waals surface area contributed by atoms with E-state index in [-0.39, 0.29) is 5.91 Å². The van der Waals surface area contributed by atoms with Gasteiger partial charge in [-0.1, -0.05) is 6.07 Å². The molecule has 1 fully saturated rings. The molecular formula is C25H30N4O2. The van der Waals surface area contributed by atoms with E-state index in [1.165, 1.54) is 18.5 Å². The molecule has 1 saturated heterocycles. The lowest BCUT2D eigenvalue weighted by Crippen LogP contribution is -2.17. The Kier molecular flexibility index (Phi) is 8.01. The predicted molar refractivity (Wildman–Crippen MR) is 126 cm³/mol. The Morgan fingerprint density at radius 2 is 1.71 bits per heavy atom. The molecule has 1 aliphatic rings. The number of aromatic nitrogens is 1. The quantitative estimate of drug-likeness (QED) is 0.619. The summed E-state index contributed by atoms with van der Waals surface area (Å²) in [6, 6.07) is 17.2. The largest absolute Gasteiger partial charge is 0.455 e. The molecule has 0 radical (unpaired) electrons. The van der Waals surface area contributed by atoms with E-state index in [2.05, 4.69) is 32.7 Å². The maximum atomic E-state index is 12.8. The number of carbonyl (C=O) groups excluding carboxylic acids is 1. The standard InChI is InChI=1S/C23H23N3O2.C2H7N/c1-17-21(7-4-8-22(17)28-20-6-5-13-24-16-20)23(27)25-18-9-11-19(12-10-18)26-14-2-3-15-26;1-3-2/h4-13,16H,2-3,14-15H2,1H3,(H,25,27);3H,1-2H3. The molecule has 1 aliphatic heterocycles. The zero-order valence-electron chi connectivity index (χ0n) is 18.4. The Balaban J connectivity index is 0.000000858. The summed E-state index contributed by atoms with van der Waals surface area (Å²) in [5, 5.41) is 5.73. The number of amides is 1. The van der Waals surface area contributed by atoms with Crippen molar-refractivity contribution in [3.8, 4) is 11.5 Å². The first kappa shape index (κ1) is 22.3. The van der Waals surface area contributed by atoms with E-state index < -0.39 is 0 Å². The van der Waals surface area contributed by atoms with Crippen LogP contribution in [0.3, 0.4) is 0 Å². The zero-order chi connectivity index (χ0) is 22.1. The van der Waals surface area contributed by atoms with Gasteiger partial charge in [0.25, 0.3) is 5.91 Å². The minimum atomic E-state index is -0.150. The Morgan fingerprint density at radius 3 is 2.35 bits per heavy atom. The lowest BCUT2D eigenvalue weighted by Gasteiger charge is -2.18. The van der Waals surface area contributed by atoms with Crippen molar-refractivity contribution >= 4 is 17.3 Å². The summed E-state index contributed by atoms with van der Waals surface area (Å²) in [5.74, 6) is 1.13. The van der Waals surface area contributed by atoms with E-state index in [4.69, 9.17) is 4.74 Å². The van der Waals surface area contributed by atoms with Crippen molar-refractivity contribution < 1.29 is 9.53 Å². The number of hydrogen-bond donors (Lipinski definition) is 2. The van der Waals surface area contributed by atoms with Crippen molar-refractivity contribution in [2.24, 2.45) is 0 Å². The Labute approximate surface area is 184 Å². The highest BCUT2D eigenvalue weighted by molar-refractivity contribution is 6.05. The van der Waals surface area contributed by atoms with Crippen LogP contribution < -0.4 is 20.3 Å². The molecule has 1 amide bonds. The number of benzene rings is 2. The van der Waals surface area contributed by atoms with Gasteiger partial charge in [-0.3, -0.25) is 9.78 Å². The molecule has 0 spiro atoms. The fourth-order valence-electron chi connectivity index (χ4n) is 3.43. The molecule has 6 nitrogen and oxygen atoms in total. The van der Waals surface area contributed by atoms with Gasteiger partial charge in [-0.25, -0.2) is 0 Å². The van der Waals surface area contributed by atoms with Crippen LogP contribution in [-0.2, 0) is 0 Å². The zero-order valence-corrected chi connectivity index (χ0v) is 18.4. The van der Waals surface area contributed by atoms with Gasteiger partial charge in [0.2, 0.25) is 0 Å². The maximum absolute atomic E-state index is 12.8. The van der Waals surface area contributed by atoms with Crippen LogP contribution in [0.15, 0.2) is 67.0 Å². The second kappa shape index (κ2) is 11.1. The third-order valence-electron chi connectivity index (χ3n) is 4.99. The van der Waals surface area contributed by atoms with Crippen molar-refractivity contribution in [3.63, 3.8) is 0 Å². The van der Waals surface area contributed by atoms with Gasteiger partial charge in [0.1, 0.15) is 11.5 Å². The van der Waals surface area contributed by atoms with E-state index in [1.54, 1.807) is 18.5 Å². The molecule has 0 bridgehead atoms. The average Bonchev–Trinajstić information content (AvgIpc) is 3.32. The van der Waals surface area contributed by atoms with Crippen molar-refractivity contribution in [1.29, 1.82) is 0 Å². The fourth-order valence-corrected chi connectivity index (χ4v) is 3.43. The summed E-state index contributed by atoms with van der Waals surface area (Å²) < 4.78 is 5.87. The van der Waals surface area contributed by atoms with Crippen LogP contribution in [0.2, 0.25) is 0 Å². The lowest BCUT2D eigenvalue weighted by atomic mass is 10.1. The van der Waals surface area contributed by atoms with Crippen LogP contribution in [0, 0.1) is 6.92 Å². The van der Waals surface area contributed by atoms with Gasteiger partial charge in [-0.15, -0.1) is 0 Å². The van der Waals surface area contributed by atoms with Crippen molar-refractivity contribution in [1.82, 2.24) is 10.3 Å². The summed E-state index contributed by atoms with van der Waals surface area (Å²) in [4.78, 5) is 19.2. The van der Waals surface area contributed by atoms with Crippen LogP contribution >= 0.6 is 0 Å². The van der Waals surface area contributed by atoms with Crippen molar-refractivity contribution in [3.05, 3.63) is 78.1 Å². The molecule has 2 N–H and O–H groups in total. The van der Waals surface area contributed by atoms with Gasteiger partial charge in [0, 0.05) is 41.8 Å². The van der Waals surface area contributed by atoms with Crippen LogP contribution in [0.5, 0.6) is 11.5 Å². The maximum Gasteiger partial charge on any atom is 0.256 e. The smallest absolute Gasteiger partial charge is 0.256 e. The number of carbonyl (C=O) groups is 1. The first-order chi connectivity index (χ1) is 15.1. The third kappa shape index (κ3) is 6.06. The van der Waals surface area contributed by atoms with Crippen LogP contribution in [0.25, 0.3) is 0 Å². The minimum absolute atomic E-state index is 0.150. The highest BCUT2D eigenvalue weighted by Crippen LogP contribution is 2.27. The second-order valence-electron chi connectivity index (χ2n) is 7.41. The summed E-state index contributed by atoms with van der Waals surface area (Å²) in [5.41, 5.74) is 3.37. The van der Waals surface area contributed by atoms with E-state index in [0.29, 0.717) is 17.1 Å². The average molecular weight is 419 g/mol. The van der Waals surface area contributed by atoms with E-state index >= 15 is 0 Å². The van der Waals surface area contributed by atoms with E-state index in [0.717, 1.165) is 24.3 Å². The van der Waals surface area contributed by atoms with Gasteiger partial charge in [-0.2, -0.15) is 0 Å². The summed E-state index contributed by atoms with van der Waals surface area (Å²) in [6.07, 6.45) is 5.83. The predicted octanol–water partition coefficient (Wildman–Crippen LogP) is 4.87. The molecule has 4 rings (SSSR count). The molecule has 3 aromatic rings. The molecule has 0 unspecified atom stereocenters. The molecule has 6 heteroatoms. The fraction of sp³-hybridized carbons (Fsp3) is 0.280. The minimum Gasteiger partial charge on any atom is -0.455 e. The summed E-state index contributed by atoms with van der Waals surface area (Å²) in [6.45, 7) is 4.10. The molecule has 162 valence electrons. The summed E-state index contributed by atoms with van der Waals surface area (Å²) >= 11 is 0. The second-order valence-corrected chi connectivity index (χ2v) is 7.41. The Hall–Kier alpha value is -3.38. The van der Waals surface area contributed by atoms with Crippen molar-refractivity contribution in [2.75, 3.05) is 37.4 Å². The number of hydrogen-bond acceptors (Lipinski definition) is 5. The normalized spacial score (nSPS) is 12.7. The molecule has 1 aromatic heterocycles. The van der Waals surface area contributed by atoms with Gasteiger partial charge in [0.15, 0.2) is 0 Å². The monoisotopic (exact) mass is 418 g/mol. The van der Waals surface area contributed by atoms with Crippen LogP contribution in [0.4, 0.5) is 11.4 Å². The first-order valence-corrected chi connectivity index (χ1v) is 10.5. The number of pyridine rings is 1. The Morgan fingerprint density at radius 1 is 1.00 bits per heavy atom. The number of nitrogens with zero attached hydrogens (tertiary/aromatic N) is 2. The van der Waals surface area contributed by atoms with Gasteiger partial charge in [0.05, 0.1) is 6.20 Å². The molecule has 2 heterocycles. The first-order valence-electron chi connectivity index (χ1n) is 10.5. The van der Waals surface area contributed by atoms with Crippen LogP contribution in [-0.4, -0.2) is 38.1 Å². The molecule has 2 aromatic carbocycles.